The number of alkyl halides is 1. The van der Waals surface area contributed by atoms with Crippen LogP contribution in [-0.2, 0) is 16.1 Å². The number of halogens is 1. The Labute approximate surface area is 171 Å². The van der Waals surface area contributed by atoms with Crippen molar-refractivity contribution in [3.05, 3.63) is 42.2 Å². The van der Waals surface area contributed by atoms with Gasteiger partial charge in [0.2, 0.25) is 11.5 Å². The highest BCUT2D eigenvalue weighted by atomic mass is 79.9. The minimum absolute atomic E-state index is 0.0572. The van der Waals surface area contributed by atoms with Gasteiger partial charge >= 0.3 is 5.97 Å². The third-order valence-electron chi connectivity index (χ3n) is 3.85. The summed E-state index contributed by atoms with van der Waals surface area (Å²) in [4.78, 5) is 15.4. The minimum atomic E-state index is -2.39. The molecule has 0 fully saturated rings. The quantitative estimate of drug-likeness (QED) is 0.310. The number of ether oxygens (including phenoxy) is 1. The van der Waals surface area contributed by atoms with Gasteiger partial charge in [0.15, 0.2) is 11.5 Å². The molecule has 0 aliphatic carbocycles. The van der Waals surface area contributed by atoms with E-state index in [4.69, 9.17) is 9.15 Å². The van der Waals surface area contributed by atoms with Crippen molar-refractivity contribution in [1.82, 2.24) is 9.71 Å². The molecule has 2 N–H and O–H groups in total. The van der Waals surface area contributed by atoms with Gasteiger partial charge in [0.25, 0.3) is 0 Å². The van der Waals surface area contributed by atoms with E-state index in [2.05, 4.69) is 25.6 Å². The fourth-order valence-corrected chi connectivity index (χ4v) is 3.45. The molecule has 0 spiro atoms. The summed E-state index contributed by atoms with van der Waals surface area (Å²) in [5.41, 5.74) is 1.08. The highest BCUT2D eigenvalue weighted by Gasteiger charge is 2.28. The number of carbonyl (C=O) groups excluding carboxylic acids is 1. The summed E-state index contributed by atoms with van der Waals surface area (Å²) in [5, 5.41) is 11.5. The molecule has 2 atom stereocenters. The molecule has 1 aromatic carbocycles. The molecular formula is C18H16BrN2O6S-. The van der Waals surface area contributed by atoms with Crippen molar-refractivity contribution >= 4 is 44.1 Å². The normalized spacial score (nSPS) is 13.4. The number of fused-ring (bicyclic) bond motifs is 1. The largest absolute Gasteiger partial charge is 0.760 e. The Bertz CT molecular complexity index is 1040. The number of pyridine rings is 1. The zero-order chi connectivity index (χ0) is 20.3. The number of nitrogens with zero attached hydrogens (tertiary/aromatic N) is 1. The number of furan rings is 1. The van der Waals surface area contributed by atoms with Crippen LogP contribution in [0.2, 0.25) is 0 Å². The molecule has 148 valence electrons. The van der Waals surface area contributed by atoms with Crippen molar-refractivity contribution in [1.29, 1.82) is 0 Å². The van der Waals surface area contributed by atoms with Gasteiger partial charge < -0.3 is 18.8 Å². The summed E-state index contributed by atoms with van der Waals surface area (Å²) >= 11 is 0.988. The van der Waals surface area contributed by atoms with Gasteiger partial charge in [-0.3, -0.25) is 9.00 Å². The van der Waals surface area contributed by atoms with Crippen molar-refractivity contribution in [2.45, 2.75) is 18.2 Å². The summed E-state index contributed by atoms with van der Waals surface area (Å²) < 4.78 is 34.4. The molecule has 0 aliphatic heterocycles. The summed E-state index contributed by atoms with van der Waals surface area (Å²) in [7, 11) is 0. The van der Waals surface area contributed by atoms with E-state index >= 15 is 0 Å². The zero-order valence-electron chi connectivity index (χ0n) is 14.7. The van der Waals surface area contributed by atoms with Gasteiger partial charge in [-0.25, -0.2) is 9.71 Å². The Hall–Kier alpha value is -2.27. The molecule has 0 bridgehead atoms. The van der Waals surface area contributed by atoms with Gasteiger partial charge in [-0.1, -0.05) is 40.2 Å². The predicted octanol–water partition coefficient (Wildman–Crippen LogP) is 3.34. The van der Waals surface area contributed by atoms with Crippen molar-refractivity contribution in [2.75, 3.05) is 6.54 Å². The number of hydrogen-bond acceptors (Lipinski definition) is 7. The monoisotopic (exact) mass is 467 g/mol. The molecule has 3 rings (SSSR count). The molecule has 10 heteroatoms. The van der Waals surface area contributed by atoms with Crippen LogP contribution in [0.3, 0.4) is 0 Å². The number of para-hydroxylation sites is 1. The Morgan fingerprint density at radius 3 is 2.86 bits per heavy atom. The van der Waals surface area contributed by atoms with E-state index in [9.17, 15) is 18.7 Å². The number of aromatic nitrogens is 1. The Balaban J connectivity index is 2.00. The second kappa shape index (κ2) is 8.82. The zero-order valence-corrected chi connectivity index (χ0v) is 17.1. The molecule has 0 aliphatic rings. The fourth-order valence-electron chi connectivity index (χ4n) is 2.64. The highest BCUT2D eigenvalue weighted by Crippen LogP contribution is 2.47. The number of esters is 1. The van der Waals surface area contributed by atoms with E-state index in [-0.39, 0.29) is 29.6 Å². The number of hydrogen-bond donors (Lipinski definition) is 2. The lowest BCUT2D eigenvalue weighted by Crippen LogP contribution is -2.18. The molecule has 2 aromatic heterocycles. The Morgan fingerprint density at radius 2 is 2.14 bits per heavy atom. The lowest BCUT2D eigenvalue weighted by atomic mass is 10.2. The molecule has 0 saturated heterocycles. The number of benzene rings is 1. The minimum Gasteiger partial charge on any atom is -0.760 e. The van der Waals surface area contributed by atoms with E-state index in [1.54, 1.807) is 6.07 Å². The van der Waals surface area contributed by atoms with E-state index in [0.717, 1.165) is 5.39 Å². The number of rotatable bonds is 7. The van der Waals surface area contributed by atoms with Crippen LogP contribution in [0.25, 0.3) is 22.4 Å². The van der Waals surface area contributed by atoms with Crippen LogP contribution in [0, 0.1) is 0 Å². The first-order valence-corrected chi connectivity index (χ1v) is 10.2. The van der Waals surface area contributed by atoms with Gasteiger partial charge in [0, 0.05) is 30.1 Å². The van der Waals surface area contributed by atoms with Crippen LogP contribution in [0.1, 0.15) is 23.9 Å². The standard InChI is InChI=1S/C18H17BrN2O6S/c1-10(22)26-18-15(23)17(27-16(18)12(19)8-9-20-28(24)25)14-7-6-11-4-2-3-5-13(11)21-14/h2-7,12,20,23H,8-9H2,1H3,(H,24,25)/p-1. The van der Waals surface area contributed by atoms with Gasteiger partial charge in [0.05, 0.1) is 10.3 Å². The number of nitrogens with one attached hydrogen (secondary N) is 1. The predicted molar refractivity (Wildman–Crippen MR) is 106 cm³/mol. The summed E-state index contributed by atoms with van der Waals surface area (Å²) in [6, 6.07) is 11.0. The molecule has 0 radical (unpaired) electrons. The van der Waals surface area contributed by atoms with Crippen LogP contribution < -0.4 is 9.46 Å². The molecule has 28 heavy (non-hydrogen) atoms. The third-order valence-corrected chi connectivity index (χ3v) is 5.16. The number of aromatic hydroxyl groups is 1. The number of carbonyl (C=O) groups is 1. The van der Waals surface area contributed by atoms with Crippen molar-refractivity contribution in [3.8, 4) is 23.0 Å². The maximum absolute atomic E-state index is 11.5. The van der Waals surface area contributed by atoms with E-state index < -0.39 is 22.1 Å². The molecule has 2 heterocycles. The fraction of sp³-hybridized carbons (Fsp3) is 0.222. The van der Waals surface area contributed by atoms with E-state index in [1.165, 1.54) is 6.92 Å². The van der Waals surface area contributed by atoms with Gasteiger partial charge in [0.1, 0.15) is 5.69 Å². The van der Waals surface area contributed by atoms with Crippen molar-refractivity contribution < 1.29 is 27.8 Å². The molecule has 0 amide bonds. The topological polar surface area (TPSA) is 125 Å². The second-order valence-corrected chi connectivity index (χ2v) is 7.70. The first kappa shape index (κ1) is 20.5. The summed E-state index contributed by atoms with van der Waals surface area (Å²) in [6.45, 7) is 1.33. The van der Waals surface area contributed by atoms with Crippen molar-refractivity contribution in [3.63, 3.8) is 0 Å². The smallest absolute Gasteiger partial charge is 0.308 e. The van der Waals surface area contributed by atoms with Gasteiger partial charge in [-0.05, 0) is 18.6 Å². The van der Waals surface area contributed by atoms with Crippen LogP contribution >= 0.6 is 15.9 Å². The maximum atomic E-state index is 11.5. The summed E-state index contributed by atoms with van der Waals surface area (Å²) in [6.07, 6.45) is 0.291. The molecular weight excluding hydrogens is 452 g/mol. The van der Waals surface area contributed by atoms with Crippen LogP contribution in [0.15, 0.2) is 40.8 Å². The maximum Gasteiger partial charge on any atom is 0.308 e. The van der Waals surface area contributed by atoms with Crippen LogP contribution in [-0.4, -0.2) is 31.4 Å². The highest BCUT2D eigenvalue weighted by molar-refractivity contribution is 9.09. The molecule has 0 saturated carbocycles. The summed E-state index contributed by atoms with van der Waals surface area (Å²) in [5.74, 6) is -0.882. The van der Waals surface area contributed by atoms with E-state index in [0.29, 0.717) is 17.6 Å². The lowest BCUT2D eigenvalue weighted by Gasteiger charge is -2.11. The molecule has 2 unspecified atom stereocenters. The first-order valence-electron chi connectivity index (χ1n) is 8.24. The second-order valence-electron chi connectivity index (χ2n) is 5.84. The average Bonchev–Trinajstić information content (AvgIpc) is 2.97. The van der Waals surface area contributed by atoms with Gasteiger partial charge in [-0.2, -0.15) is 0 Å². The molecule has 3 aromatic rings. The van der Waals surface area contributed by atoms with E-state index in [1.807, 2.05) is 30.3 Å². The average molecular weight is 468 g/mol. The third kappa shape index (κ3) is 4.58. The van der Waals surface area contributed by atoms with Crippen molar-refractivity contribution in [2.24, 2.45) is 0 Å². The Kier molecular flexibility index (Phi) is 6.45. The first-order chi connectivity index (χ1) is 13.4. The molecule has 8 nitrogen and oxygen atoms in total. The van der Waals surface area contributed by atoms with Crippen LogP contribution in [0.5, 0.6) is 11.5 Å². The Morgan fingerprint density at radius 1 is 1.39 bits per heavy atom. The van der Waals surface area contributed by atoms with Crippen LogP contribution in [0.4, 0.5) is 0 Å². The lowest BCUT2D eigenvalue weighted by molar-refractivity contribution is -0.132. The van der Waals surface area contributed by atoms with Gasteiger partial charge in [-0.15, -0.1) is 0 Å². The SMILES string of the molecule is CC(=O)Oc1c(C(Br)CCNS(=O)[O-])oc(-c2ccc3ccccc3n2)c1O.